The molecule has 1 amide bonds. The number of carbonyl (C=O) groups excluding carboxylic acids is 1. The summed E-state index contributed by atoms with van der Waals surface area (Å²) in [7, 11) is 2.12. The third kappa shape index (κ3) is 5.68. The summed E-state index contributed by atoms with van der Waals surface area (Å²) in [6.45, 7) is 1.85. The van der Waals surface area contributed by atoms with Gasteiger partial charge in [-0.15, -0.1) is 0 Å². The van der Waals surface area contributed by atoms with Crippen LogP contribution in [0.2, 0.25) is 0 Å². The lowest BCUT2D eigenvalue weighted by molar-refractivity contribution is -0.137. The van der Waals surface area contributed by atoms with Crippen molar-refractivity contribution < 1.29 is 14.7 Å². The minimum atomic E-state index is -0.842. The Kier molecular flexibility index (Phi) is 5.97. The van der Waals surface area contributed by atoms with Crippen LogP contribution in [0.3, 0.4) is 0 Å². The summed E-state index contributed by atoms with van der Waals surface area (Å²) in [6.07, 6.45) is 4.25. The summed E-state index contributed by atoms with van der Waals surface area (Å²) in [5.74, 6) is -0.878. The van der Waals surface area contributed by atoms with Crippen molar-refractivity contribution in [1.29, 1.82) is 0 Å². The minimum absolute atomic E-state index is 0.0353. The Bertz CT molecular complexity index is 268. The third-order valence-electron chi connectivity index (χ3n) is 3.27. The molecule has 1 fully saturated rings. The van der Waals surface area contributed by atoms with E-state index in [9.17, 15) is 9.59 Å². The fraction of sp³-hybridized carbons (Fsp3) is 0.833. The van der Waals surface area contributed by atoms with Crippen molar-refractivity contribution in [3.63, 3.8) is 0 Å². The molecule has 0 unspecified atom stereocenters. The summed E-state index contributed by atoms with van der Waals surface area (Å²) in [6, 6.07) is 0.592. The number of nitrogens with zero attached hydrogens (tertiary/aromatic N) is 1. The lowest BCUT2D eigenvalue weighted by Gasteiger charge is -2.19. The number of likely N-dealkylation sites (tertiary alicyclic amines) is 1. The Morgan fingerprint density at radius 3 is 2.76 bits per heavy atom. The first kappa shape index (κ1) is 14.0. The Hall–Kier alpha value is -1.10. The fourth-order valence-electron chi connectivity index (χ4n) is 2.21. The van der Waals surface area contributed by atoms with Gasteiger partial charge < -0.3 is 15.3 Å². The highest BCUT2D eigenvalue weighted by Gasteiger charge is 2.20. The number of aliphatic carboxylic acids is 1. The van der Waals surface area contributed by atoms with Crippen molar-refractivity contribution >= 4 is 11.9 Å². The van der Waals surface area contributed by atoms with E-state index in [1.807, 2.05) is 0 Å². The van der Waals surface area contributed by atoms with Gasteiger partial charge in [0, 0.05) is 25.4 Å². The average Bonchev–Trinajstić information content (AvgIpc) is 2.64. The van der Waals surface area contributed by atoms with Crippen molar-refractivity contribution in [3.8, 4) is 0 Å². The molecule has 1 aliphatic heterocycles. The maximum atomic E-state index is 11.4. The van der Waals surface area contributed by atoms with Crippen LogP contribution < -0.4 is 5.32 Å². The number of nitrogens with one attached hydrogen (secondary N) is 1. The van der Waals surface area contributed by atoms with E-state index in [2.05, 4.69) is 17.3 Å². The molecule has 5 heteroatoms. The molecule has 1 saturated heterocycles. The lowest BCUT2D eigenvalue weighted by Crippen LogP contribution is -2.31. The average molecular weight is 242 g/mol. The molecule has 0 aromatic heterocycles. The molecule has 0 saturated carbocycles. The Morgan fingerprint density at radius 2 is 2.18 bits per heavy atom. The highest BCUT2D eigenvalue weighted by Crippen LogP contribution is 2.16. The van der Waals surface area contributed by atoms with Gasteiger partial charge in [-0.25, -0.2) is 0 Å². The monoisotopic (exact) mass is 242 g/mol. The number of carboxylic acids is 1. The van der Waals surface area contributed by atoms with E-state index in [1.54, 1.807) is 0 Å². The van der Waals surface area contributed by atoms with Crippen LogP contribution in [-0.2, 0) is 9.59 Å². The summed E-state index contributed by atoms with van der Waals surface area (Å²) in [5.41, 5.74) is 0. The van der Waals surface area contributed by atoms with Crippen LogP contribution in [0.5, 0.6) is 0 Å². The van der Waals surface area contributed by atoms with Crippen LogP contribution in [0, 0.1) is 0 Å². The maximum absolute atomic E-state index is 11.4. The van der Waals surface area contributed by atoms with E-state index in [-0.39, 0.29) is 12.3 Å². The molecule has 0 aromatic rings. The molecule has 1 heterocycles. The number of amides is 1. The van der Waals surface area contributed by atoms with Crippen LogP contribution in [0.4, 0.5) is 0 Å². The Labute approximate surface area is 102 Å². The molecule has 17 heavy (non-hydrogen) atoms. The van der Waals surface area contributed by atoms with E-state index in [0.717, 1.165) is 13.0 Å². The molecule has 0 aromatic carbocycles. The van der Waals surface area contributed by atoms with Gasteiger partial charge in [-0.1, -0.05) is 0 Å². The van der Waals surface area contributed by atoms with Crippen molar-refractivity contribution in [2.45, 2.75) is 44.6 Å². The van der Waals surface area contributed by atoms with Gasteiger partial charge in [-0.05, 0) is 39.3 Å². The second-order valence-electron chi connectivity index (χ2n) is 4.66. The predicted octanol–water partition coefficient (Wildman–Crippen LogP) is 0.842. The van der Waals surface area contributed by atoms with Crippen LogP contribution in [0.25, 0.3) is 0 Å². The first-order valence-corrected chi connectivity index (χ1v) is 6.28. The van der Waals surface area contributed by atoms with Gasteiger partial charge in [0.25, 0.3) is 0 Å². The summed E-state index contributed by atoms with van der Waals surface area (Å²) < 4.78 is 0. The molecule has 1 atom stereocenters. The molecular formula is C12H22N2O3. The van der Waals surface area contributed by atoms with Crippen LogP contribution in [0.15, 0.2) is 0 Å². The second-order valence-corrected chi connectivity index (χ2v) is 4.66. The SMILES string of the molecule is CN1CCC[C@H]1CCNC(=O)CCCC(=O)O. The van der Waals surface area contributed by atoms with Crippen LogP contribution in [0.1, 0.15) is 38.5 Å². The van der Waals surface area contributed by atoms with Gasteiger partial charge in [-0.3, -0.25) is 9.59 Å². The largest absolute Gasteiger partial charge is 0.481 e. The molecule has 1 rings (SSSR count). The van der Waals surface area contributed by atoms with E-state index in [1.165, 1.54) is 12.8 Å². The van der Waals surface area contributed by atoms with Crippen LogP contribution >= 0.6 is 0 Å². The predicted molar refractivity (Wildman–Crippen MR) is 64.8 cm³/mol. The molecule has 5 nitrogen and oxygen atoms in total. The second kappa shape index (κ2) is 7.27. The molecule has 2 N–H and O–H groups in total. The van der Waals surface area contributed by atoms with Crippen molar-refractivity contribution in [2.24, 2.45) is 0 Å². The highest BCUT2D eigenvalue weighted by molar-refractivity contribution is 5.76. The van der Waals surface area contributed by atoms with E-state index < -0.39 is 5.97 Å². The standard InChI is InChI=1S/C12H22N2O3/c1-14-9-3-4-10(14)7-8-13-11(15)5-2-6-12(16)17/h10H,2-9H2,1H3,(H,13,15)(H,16,17)/t10-/m0/s1. The lowest BCUT2D eigenvalue weighted by atomic mass is 10.1. The zero-order valence-electron chi connectivity index (χ0n) is 10.4. The van der Waals surface area contributed by atoms with Gasteiger partial charge in [-0.2, -0.15) is 0 Å². The van der Waals surface area contributed by atoms with Crippen molar-refractivity contribution in [3.05, 3.63) is 0 Å². The molecule has 0 radical (unpaired) electrons. The summed E-state index contributed by atoms with van der Waals surface area (Å²) in [5, 5.41) is 11.3. The minimum Gasteiger partial charge on any atom is -0.481 e. The normalized spacial score (nSPS) is 20.4. The Morgan fingerprint density at radius 1 is 1.41 bits per heavy atom. The number of hydrogen-bond acceptors (Lipinski definition) is 3. The summed E-state index contributed by atoms with van der Waals surface area (Å²) in [4.78, 5) is 24.0. The van der Waals surface area contributed by atoms with E-state index in [4.69, 9.17) is 5.11 Å². The number of carboxylic acid groups (broad SMARTS) is 1. The zero-order chi connectivity index (χ0) is 12.7. The molecule has 0 aliphatic carbocycles. The van der Waals surface area contributed by atoms with Crippen LogP contribution in [-0.4, -0.2) is 48.1 Å². The zero-order valence-corrected chi connectivity index (χ0v) is 10.4. The number of hydrogen-bond donors (Lipinski definition) is 2. The van der Waals surface area contributed by atoms with Gasteiger partial charge in [0.15, 0.2) is 0 Å². The number of rotatable bonds is 7. The van der Waals surface area contributed by atoms with E-state index >= 15 is 0 Å². The Balaban J connectivity index is 2.02. The first-order chi connectivity index (χ1) is 8.09. The summed E-state index contributed by atoms with van der Waals surface area (Å²) >= 11 is 0. The van der Waals surface area contributed by atoms with E-state index in [0.29, 0.717) is 25.4 Å². The van der Waals surface area contributed by atoms with Gasteiger partial charge in [0.1, 0.15) is 0 Å². The quantitative estimate of drug-likeness (QED) is 0.694. The third-order valence-corrected chi connectivity index (χ3v) is 3.27. The molecule has 98 valence electrons. The molecule has 1 aliphatic rings. The molecule has 0 spiro atoms. The van der Waals surface area contributed by atoms with Gasteiger partial charge in [0.2, 0.25) is 5.91 Å². The van der Waals surface area contributed by atoms with Gasteiger partial charge in [0.05, 0.1) is 0 Å². The fourth-order valence-corrected chi connectivity index (χ4v) is 2.21. The van der Waals surface area contributed by atoms with Crippen molar-refractivity contribution in [1.82, 2.24) is 10.2 Å². The highest BCUT2D eigenvalue weighted by atomic mass is 16.4. The topological polar surface area (TPSA) is 69.6 Å². The smallest absolute Gasteiger partial charge is 0.303 e. The van der Waals surface area contributed by atoms with Gasteiger partial charge >= 0.3 is 5.97 Å². The van der Waals surface area contributed by atoms with Crippen molar-refractivity contribution in [2.75, 3.05) is 20.1 Å². The number of carbonyl (C=O) groups is 2. The molecular weight excluding hydrogens is 220 g/mol. The molecule has 0 bridgehead atoms. The first-order valence-electron chi connectivity index (χ1n) is 6.28. The maximum Gasteiger partial charge on any atom is 0.303 e.